The maximum absolute atomic E-state index is 6.09. The fraction of sp³-hybridized carbons (Fsp3) is 0.333. The molecular formula is C27H31N6O+. The van der Waals surface area contributed by atoms with E-state index in [1.54, 1.807) is 0 Å². The van der Waals surface area contributed by atoms with Crippen LogP contribution < -0.4 is 9.75 Å². The first-order chi connectivity index (χ1) is 16.7. The van der Waals surface area contributed by atoms with Crippen molar-refractivity contribution in [2.45, 2.75) is 24.9 Å². The summed E-state index contributed by atoms with van der Waals surface area (Å²) in [5.41, 5.74) is 2.14. The molecular weight excluding hydrogens is 424 g/mol. The summed E-state index contributed by atoms with van der Waals surface area (Å²) in [6.45, 7) is 4.31. The molecule has 7 heteroatoms. The van der Waals surface area contributed by atoms with Gasteiger partial charge in [-0.15, -0.1) is 4.59 Å². The lowest BCUT2D eigenvalue weighted by Crippen LogP contribution is -2.75. The van der Waals surface area contributed by atoms with Crippen molar-refractivity contribution in [2.24, 2.45) is 9.98 Å². The first kappa shape index (κ1) is 21.3. The van der Waals surface area contributed by atoms with E-state index in [9.17, 15) is 0 Å². The van der Waals surface area contributed by atoms with Crippen LogP contribution in [-0.4, -0.2) is 65.8 Å². The highest BCUT2D eigenvalue weighted by Gasteiger charge is 2.58. The van der Waals surface area contributed by atoms with E-state index >= 15 is 0 Å². The minimum atomic E-state index is -0.0754. The number of aliphatic imine (C=N–C) groups is 2. The number of likely N-dealkylation sites (N-methyl/N-ethyl adjacent to an activating group) is 1. The van der Waals surface area contributed by atoms with Crippen LogP contribution in [-0.2, 0) is 0 Å². The average molecular weight is 456 g/mol. The van der Waals surface area contributed by atoms with Crippen molar-refractivity contribution in [1.29, 1.82) is 0 Å². The topological polar surface area (TPSA) is 43.7 Å². The lowest BCUT2D eigenvalue weighted by molar-refractivity contribution is -0.754. The van der Waals surface area contributed by atoms with Crippen molar-refractivity contribution in [1.82, 2.24) is 9.80 Å². The predicted octanol–water partition coefficient (Wildman–Crippen LogP) is 4.58. The number of benzene rings is 2. The van der Waals surface area contributed by atoms with Gasteiger partial charge in [0.1, 0.15) is 17.2 Å². The number of hydrogen-bond donors (Lipinski definition) is 0. The Morgan fingerprint density at radius 3 is 2.35 bits per heavy atom. The number of allylic oxidation sites excluding steroid dienone is 1. The van der Waals surface area contributed by atoms with Crippen molar-refractivity contribution in [3.8, 4) is 11.5 Å². The minimum Gasteiger partial charge on any atom is -0.457 e. The summed E-state index contributed by atoms with van der Waals surface area (Å²) in [6.07, 6.45) is 13.4. The maximum Gasteiger partial charge on any atom is 0.225 e. The molecule has 3 heterocycles. The predicted molar refractivity (Wildman–Crippen MR) is 136 cm³/mol. The van der Waals surface area contributed by atoms with Gasteiger partial charge in [0.25, 0.3) is 0 Å². The standard InChI is InChI=1S/C27H31N6O/c1-30-15-17-31(18-16-30)27(12-5-13-27)32(33-19-14-28-20-24(33)21-29-22-33)23-8-10-26(11-9-23)34-25-6-3-2-4-7-25/h2-4,6-11,14,19-22H,5,12-13,15-18H2,1H3/q+1. The number of piperazine rings is 1. The summed E-state index contributed by atoms with van der Waals surface area (Å²) in [5, 5.41) is 2.55. The molecule has 3 aliphatic heterocycles. The molecule has 2 aromatic rings. The third kappa shape index (κ3) is 3.48. The molecule has 0 bridgehead atoms. The second-order valence-electron chi connectivity index (χ2n) is 9.48. The number of fused-ring (bicyclic) bond motifs is 1. The minimum absolute atomic E-state index is 0.0754. The summed E-state index contributed by atoms with van der Waals surface area (Å²) in [4.78, 5) is 14.1. The van der Waals surface area contributed by atoms with Gasteiger partial charge in [-0.3, -0.25) is 9.89 Å². The largest absolute Gasteiger partial charge is 0.457 e. The molecule has 4 aliphatic rings. The number of ether oxygens (including phenoxy) is 1. The van der Waals surface area contributed by atoms with Crippen molar-refractivity contribution in [2.75, 3.05) is 38.2 Å². The summed E-state index contributed by atoms with van der Waals surface area (Å²) < 4.78 is 6.52. The van der Waals surface area contributed by atoms with Gasteiger partial charge in [-0.25, -0.2) is 4.99 Å². The molecule has 0 spiro atoms. The number of quaternary nitrogens is 1. The second kappa shape index (κ2) is 8.51. The normalized spacial score (nSPS) is 25.5. The van der Waals surface area contributed by atoms with Crippen LogP contribution in [0.3, 0.4) is 0 Å². The van der Waals surface area contributed by atoms with Crippen LogP contribution in [0.15, 0.2) is 88.9 Å². The highest BCUT2D eigenvalue weighted by molar-refractivity contribution is 5.82. The van der Waals surface area contributed by atoms with Gasteiger partial charge >= 0.3 is 0 Å². The fourth-order valence-electron chi connectivity index (χ4n) is 5.51. The zero-order valence-corrected chi connectivity index (χ0v) is 19.6. The van der Waals surface area contributed by atoms with Crippen LogP contribution in [0.5, 0.6) is 11.5 Å². The molecule has 1 saturated carbocycles. The van der Waals surface area contributed by atoms with Crippen molar-refractivity contribution < 1.29 is 9.33 Å². The van der Waals surface area contributed by atoms with Gasteiger partial charge in [-0.2, -0.15) is 5.01 Å². The van der Waals surface area contributed by atoms with Crippen LogP contribution in [0, 0.1) is 0 Å². The Hall–Kier alpha value is -3.26. The quantitative estimate of drug-likeness (QED) is 0.598. The lowest BCUT2D eigenvalue weighted by atomic mass is 9.81. The molecule has 0 N–H and O–H groups in total. The molecule has 0 amide bonds. The molecule has 6 rings (SSSR count). The highest BCUT2D eigenvalue weighted by Crippen LogP contribution is 2.48. The molecule has 174 valence electrons. The monoisotopic (exact) mass is 455 g/mol. The first-order valence-corrected chi connectivity index (χ1v) is 12.1. The molecule has 1 atom stereocenters. The van der Waals surface area contributed by atoms with E-state index in [-0.39, 0.29) is 5.66 Å². The molecule has 2 aromatic carbocycles. The van der Waals surface area contributed by atoms with Gasteiger partial charge in [0.15, 0.2) is 6.20 Å². The second-order valence-corrected chi connectivity index (χ2v) is 9.48. The van der Waals surface area contributed by atoms with Crippen LogP contribution in [0.2, 0.25) is 0 Å². The highest BCUT2D eigenvalue weighted by atomic mass is 16.5. The van der Waals surface area contributed by atoms with Crippen LogP contribution in [0.25, 0.3) is 0 Å². The summed E-state index contributed by atoms with van der Waals surface area (Å²) in [6, 6.07) is 18.4. The smallest absolute Gasteiger partial charge is 0.225 e. The third-order valence-corrected chi connectivity index (χ3v) is 7.48. The van der Waals surface area contributed by atoms with Gasteiger partial charge in [0, 0.05) is 26.2 Å². The lowest BCUT2D eigenvalue weighted by Gasteiger charge is -2.60. The Morgan fingerprint density at radius 1 is 0.912 bits per heavy atom. The van der Waals surface area contributed by atoms with Crippen molar-refractivity contribution >= 4 is 18.2 Å². The Bertz CT molecular complexity index is 1140. The number of hydrogen-bond acceptors (Lipinski definition) is 6. The molecule has 1 aliphatic carbocycles. The number of nitrogens with zero attached hydrogens (tertiary/aromatic N) is 6. The Kier molecular flexibility index (Phi) is 5.32. The molecule has 2 fully saturated rings. The van der Waals surface area contributed by atoms with Crippen molar-refractivity contribution in [3.63, 3.8) is 0 Å². The van der Waals surface area contributed by atoms with Crippen LogP contribution >= 0.6 is 0 Å². The molecule has 0 aromatic heterocycles. The number of rotatable bonds is 6. The van der Waals surface area contributed by atoms with Crippen molar-refractivity contribution in [3.05, 3.63) is 78.9 Å². The van der Waals surface area contributed by atoms with E-state index in [1.807, 2.05) is 55.3 Å². The molecule has 7 nitrogen and oxygen atoms in total. The Labute approximate surface area is 201 Å². The Balaban J connectivity index is 1.40. The summed E-state index contributed by atoms with van der Waals surface area (Å²) in [5.74, 6) is 1.67. The van der Waals surface area contributed by atoms with Crippen LogP contribution in [0.4, 0.5) is 5.69 Å². The van der Waals surface area contributed by atoms with Gasteiger partial charge < -0.3 is 9.64 Å². The van der Waals surface area contributed by atoms with Crippen LogP contribution in [0.1, 0.15) is 19.3 Å². The number of para-hydroxylation sites is 1. The van der Waals surface area contributed by atoms with E-state index in [1.165, 1.54) is 6.42 Å². The average Bonchev–Trinajstić information content (AvgIpc) is 3.28. The molecule has 1 saturated heterocycles. The molecule has 34 heavy (non-hydrogen) atoms. The molecule has 0 radical (unpaired) electrons. The van der Waals surface area contributed by atoms with E-state index in [0.29, 0.717) is 4.59 Å². The fourth-order valence-corrected chi connectivity index (χ4v) is 5.51. The van der Waals surface area contributed by atoms with Gasteiger partial charge in [0.2, 0.25) is 12.0 Å². The summed E-state index contributed by atoms with van der Waals surface area (Å²) in [7, 11) is 2.22. The maximum atomic E-state index is 6.09. The van der Waals surface area contributed by atoms with Gasteiger partial charge in [0.05, 0.1) is 24.3 Å². The van der Waals surface area contributed by atoms with E-state index in [2.05, 4.69) is 62.3 Å². The SMILES string of the molecule is CN1CCN(C2(N(c3ccc(Oc4ccccc4)cc3)[N+]34C=CN=CC3=CN=C4)CCC2)CC1. The van der Waals surface area contributed by atoms with E-state index in [4.69, 9.17) is 4.74 Å². The molecule has 1 unspecified atom stereocenters. The zero-order chi connectivity index (χ0) is 23.0. The Morgan fingerprint density at radius 2 is 1.65 bits per heavy atom. The first-order valence-electron chi connectivity index (χ1n) is 12.1. The third-order valence-electron chi connectivity index (χ3n) is 7.48. The van der Waals surface area contributed by atoms with E-state index in [0.717, 1.165) is 61.9 Å². The van der Waals surface area contributed by atoms with Gasteiger partial charge in [-0.05, 0) is 62.7 Å². The number of anilines is 1. The van der Waals surface area contributed by atoms with Gasteiger partial charge in [-0.1, -0.05) is 18.2 Å². The zero-order valence-electron chi connectivity index (χ0n) is 19.6. The van der Waals surface area contributed by atoms with E-state index < -0.39 is 0 Å². The summed E-state index contributed by atoms with van der Waals surface area (Å²) >= 11 is 0.